The predicted octanol–water partition coefficient (Wildman–Crippen LogP) is 6.31. The lowest BCUT2D eigenvalue weighted by Gasteiger charge is -2.29. The van der Waals surface area contributed by atoms with Crippen LogP contribution in [-0.4, -0.2) is 73.1 Å². The van der Waals surface area contributed by atoms with Crippen LogP contribution in [0.2, 0.25) is 0 Å². The Morgan fingerprint density at radius 1 is 0.816 bits per heavy atom. The Labute approximate surface area is 287 Å². The first-order valence-corrected chi connectivity index (χ1v) is 16.6. The summed E-state index contributed by atoms with van der Waals surface area (Å²) in [5.41, 5.74) is 4.29. The Morgan fingerprint density at radius 2 is 1.55 bits per heavy atom. The summed E-state index contributed by atoms with van der Waals surface area (Å²) in [6.07, 6.45) is 0.659. The Morgan fingerprint density at radius 3 is 2.29 bits per heavy atom. The van der Waals surface area contributed by atoms with Crippen molar-refractivity contribution in [2.45, 2.75) is 32.6 Å². The van der Waals surface area contributed by atoms with Gasteiger partial charge in [0.1, 0.15) is 24.7 Å². The van der Waals surface area contributed by atoms with Crippen LogP contribution in [0.3, 0.4) is 0 Å². The van der Waals surface area contributed by atoms with Crippen molar-refractivity contribution >= 4 is 17.4 Å². The molecule has 0 aromatic heterocycles. The highest BCUT2D eigenvalue weighted by atomic mass is 16.5. The van der Waals surface area contributed by atoms with Gasteiger partial charge in [-0.2, -0.15) is 0 Å². The number of likely N-dealkylation sites (tertiary alicyclic amines) is 1. The number of carbonyl (C=O) groups is 2. The van der Waals surface area contributed by atoms with E-state index in [1.165, 1.54) is 0 Å². The minimum absolute atomic E-state index is 0.0322. The maximum atomic E-state index is 13.7. The maximum absolute atomic E-state index is 13.7. The van der Waals surface area contributed by atoms with Crippen LogP contribution in [0, 0.1) is 6.92 Å². The van der Waals surface area contributed by atoms with Crippen molar-refractivity contribution in [2.75, 3.05) is 46.5 Å². The summed E-state index contributed by atoms with van der Waals surface area (Å²) in [5.74, 6) is -0.00303. The van der Waals surface area contributed by atoms with E-state index in [-0.39, 0.29) is 11.3 Å². The van der Waals surface area contributed by atoms with E-state index in [0.29, 0.717) is 67.8 Å². The molecule has 2 aliphatic rings. The van der Waals surface area contributed by atoms with Gasteiger partial charge < -0.3 is 29.0 Å². The van der Waals surface area contributed by atoms with Crippen LogP contribution < -0.4 is 14.2 Å². The zero-order chi connectivity index (χ0) is 34.2. The molecule has 9 heteroatoms. The molecular weight excluding hydrogens is 620 g/mol. The number of hydrogen-bond donors (Lipinski definition) is 1. The molecule has 0 bridgehead atoms. The molecule has 2 heterocycles. The van der Waals surface area contributed by atoms with Gasteiger partial charge in [-0.25, -0.2) is 0 Å². The Bertz CT molecular complexity index is 1780. The number of morpholine rings is 1. The van der Waals surface area contributed by atoms with Gasteiger partial charge in [-0.3, -0.25) is 14.5 Å². The number of rotatable bonds is 13. The summed E-state index contributed by atoms with van der Waals surface area (Å²) >= 11 is 0. The molecule has 4 aromatic carbocycles. The summed E-state index contributed by atoms with van der Waals surface area (Å²) in [6, 6.07) is 29.4. The molecule has 254 valence electrons. The standard InChI is InChI=1S/C40H42N2O7/c1-28-8-6-11-30(24-28)27-48-33-15-12-31(13-16-33)38(43)36-37(42(40(45)39(36)44)19-7-18-41-20-22-47-23-21-41)32-14-17-34(35(25-32)46-2)49-26-29-9-4-3-5-10-29/h3-6,8-17,24-25,37,43H,7,18-23,26-27H2,1-2H3/b38-36+. The summed E-state index contributed by atoms with van der Waals surface area (Å²) in [7, 11) is 1.55. The maximum Gasteiger partial charge on any atom is 0.295 e. The Kier molecular flexibility index (Phi) is 10.9. The largest absolute Gasteiger partial charge is 0.507 e. The fourth-order valence-electron chi connectivity index (χ4n) is 6.29. The van der Waals surface area contributed by atoms with Crippen LogP contribution in [0.15, 0.2) is 103 Å². The number of aliphatic hydroxyl groups is 1. The molecular formula is C40H42N2O7. The molecule has 49 heavy (non-hydrogen) atoms. The van der Waals surface area contributed by atoms with Crippen molar-refractivity contribution in [3.05, 3.63) is 130 Å². The van der Waals surface area contributed by atoms with E-state index in [4.69, 9.17) is 18.9 Å². The lowest BCUT2D eigenvalue weighted by Crippen LogP contribution is -2.39. The fourth-order valence-corrected chi connectivity index (χ4v) is 6.29. The van der Waals surface area contributed by atoms with Crippen molar-refractivity contribution in [3.8, 4) is 17.2 Å². The van der Waals surface area contributed by atoms with Gasteiger partial charge in [-0.05, 0) is 66.4 Å². The number of methoxy groups -OCH3 is 1. The van der Waals surface area contributed by atoms with E-state index in [2.05, 4.69) is 11.0 Å². The normalized spacial score (nSPS) is 17.7. The molecule has 0 aliphatic carbocycles. The lowest BCUT2D eigenvalue weighted by atomic mass is 9.95. The Balaban J connectivity index is 1.28. The third kappa shape index (κ3) is 8.13. The van der Waals surface area contributed by atoms with Gasteiger partial charge in [0.25, 0.3) is 11.7 Å². The first-order chi connectivity index (χ1) is 23.9. The number of amides is 1. The number of nitrogens with zero attached hydrogens (tertiary/aromatic N) is 2. The van der Waals surface area contributed by atoms with Crippen LogP contribution in [-0.2, 0) is 27.5 Å². The second-order valence-electron chi connectivity index (χ2n) is 12.3. The number of carbonyl (C=O) groups excluding carboxylic acids is 2. The summed E-state index contributed by atoms with van der Waals surface area (Å²) in [4.78, 5) is 31.2. The van der Waals surface area contributed by atoms with Gasteiger partial charge in [0, 0.05) is 31.7 Å². The zero-order valence-electron chi connectivity index (χ0n) is 28.0. The quantitative estimate of drug-likeness (QED) is 0.101. The number of ether oxygens (including phenoxy) is 4. The minimum Gasteiger partial charge on any atom is -0.507 e. The predicted molar refractivity (Wildman–Crippen MR) is 187 cm³/mol. The summed E-state index contributed by atoms with van der Waals surface area (Å²) < 4.78 is 23.2. The highest BCUT2D eigenvalue weighted by Crippen LogP contribution is 2.42. The third-order valence-electron chi connectivity index (χ3n) is 8.87. The average Bonchev–Trinajstić information content (AvgIpc) is 3.39. The first kappa shape index (κ1) is 33.8. The Hall–Kier alpha value is -5.12. The van der Waals surface area contributed by atoms with Crippen LogP contribution >= 0.6 is 0 Å². The molecule has 2 aliphatic heterocycles. The molecule has 1 amide bonds. The molecule has 0 radical (unpaired) electrons. The van der Waals surface area contributed by atoms with E-state index < -0.39 is 17.7 Å². The monoisotopic (exact) mass is 662 g/mol. The van der Waals surface area contributed by atoms with E-state index >= 15 is 0 Å². The second kappa shape index (κ2) is 15.9. The molecule has 6 rings (SSSR count). The lowest BCUT2D eigenvalue weighted by molar-refractivity contribution is -0.140. The number of hydrogen-bond acceptors (Lipinski definition) is 8. The van der Waals surface area contributed by atoms with Gasteiger partial charge in [0.2, 0.25) is 0 Å². The van der Waals surface area contributed by atoms with Crippen LogP contribution in [0.4, 0.5) is 0 Å². The highest BCUT2D eigenvalue weighted by molar-refractivity contribution is 6.46. The number of aliphatic hydroxyl groups excluding tert-OH is 1. The smallest absolute Gasteiger partial charge is 0.295 e. The van der Waals surface area contributed by atoms with Crippen molar-refractivity contribution in [1.29, 1.82) is 0 Å². The molecule has 4 aromatic rings. The van der Waals surface area contributed by atoms with E-state index in [0.717, 1.165) is 36.3 Å². The molecule has 2 saturated heterocycles. The molecule has 1 atom stereocenters. The van der Waals surface area contributed by atoms with Gasteiger partial charge >= 0.3 is 0 Å². The minimum atomic E-state index is -0.820. The number of ketones is 1. The summed E-state index contributed by atoms with van der Waals surface area (Å²) in [6.45, 7) is 6.90. The van der Waals surface area contributed by atoms with Crippen molar-refractivity contribution in [1.82, 2.24) is 9.80 Å². The molecule has 9 nitrogen and oxygen atoms in total. The van der Waals surface area contributed by atoms with Crippen LogP contribution in [0.25, 0.3) is 5.76 Å². The van der Waals surface area contributed by atoms with Gasteiger partial charge in [-0.1, -0.05) is 66.2 Å². The molecule has 0 spiro atoms. The molecule has 1 unspecified atom stereocenters. The van der Waals surface area contributed by atoms with Crippen molar-refractivity contribution < 1.29 is 33.6 Å². The third-order valence-corrected chi connectivity index (χ3v) is 8.87. The van der Waals surface area contributed by atoms with E-state index in [1.807, 2.05) is 61.5 Å². The second-order valence-corrected chi connectivity index (χ2v) is 12.3. The number of benzene rings is 4. The van der Waals surface area contributed by atoms with Crippen LogP contribution in [0.5, 0.6) is 17.2 Å². The molecule has 0 saturated carbocycles. The molecule has 2 fully saturated rings. The number of aryl methyl sites for hydroxylation is 1. The SMILES string of the molecule is COc1cc(C2/C(=C(\O)c3ccc(OCc4cccc(C)c4)cc3)C(=O)C(=O)N2CCCN2CCOCC2)ccc1OCc1ccccc1. The van der Waals surface area contributed by atoms with Gasteiger partial charge in [-0.15, -0.1) is 0 Å². The van der Waals surface area contributed by atoms with E-state index in [9.17, 15) is 14.7 Å². The van der Waals surface area contributed by atoms with Gasteiger partial charge in [0.05, 0.1) is 31.9 Å². The average molecular weight is 663 g/mol. The van der Waals surface area contributed by atoms with Gasteiger partial charge in [0.15, 0.2) is 11.5 Å². The molecule has 1 N–H and O–H groups in total. The zero-order valence-corrected chi connectivity index (χ0v) is 28.0. The fraction of sp³-hybridized carbons (Fsp3) is 0.300. The first-order valence-electron chi connectivity index (χ1n) is 16.6. The van der Waals surface area contributed by atoms with Crippen molar-refractivity contribution in [2.24, 2.45) is 0 Å². The van der Waals surface area contributed by atoms with Crippen molar-refractivity contribution in [3.63, 3.8) is 0 Å². The summed E-state index contributed by atoms with van der Waals surface area (Å²) in [5, 5.41) is 11.7. The number of Topliss-reactive ketones (excluding diaryl/α,β-unsaturated/α-hetero) is 1. The van der Waals surface area contributed by atoms with E-state index in [1.54, 1.807) is 48.4 Å². The van der Waals surface area contributed by atoms with Crippen LogP contribution in [0.1, 0.15) is 40.3 Å². The highest BCUT2D eigenvalue weighted by Gasteiger charge is 2.46. The topological polar surface area (TPSA) is 97.8 Å².